The fourth-order valence-corrected chi connectivity index (χ4v) is 4.18. The quantitative estimate of drug-likeness (QED) is 0.361. The second-order valence-electron chi connectivity index (χ2n) is 8.10. The molecule has 5 rings (SSSR count). The molecule has 34 heavy (non-hydrogen) atoms. The molecule has 2 amide bonds. The van der Waals surface area contributed by atoms with Crippen LogP contribution in [0.2, 0.25) is 0 Å². The number of fused-ring (bicyclic) bond motifs is 2. The highest BCUT2D eigenvalue weighted by atomic mass is 16.2. The van der Waals surface area contributed by atoms with E-state index in [-0.39, 0.29) is 12.5 Å². The van der Waals surface area contributed by atoms with Gasteiger partial charge in [-0.05, 0) is 28.8 Å². The Hall–Kier alpha value is -4.91. The van der Waals surface area contributed by atoms with Crippen LogP contribution >= 0.6 is 0 Å². The van der Waals surface area contributed by atoms with Crippen LogP contribution in [0.3, 0.4) is 0 Å². The number of aryl methyl sites for hydroxylation is 1. The molecule has 1 aliphatic heterocycles. The van der Waals surface area contributed by atoms with Crippen LogP contribution in [0.25, 0.3) is 22.0 Å². The van der Waals surface area contributed by atoms with E-state index < -0.39 is 6.03 Å². The summed E-state index contributed by atoms with van der Waals surface area (Å²) in [5, 5.41) is 20.9. The topological polar surface area (TPSA) is 135 Å². The third-order valence-electron chi connectivity index (χ3n) is 5.77. The molecule has 0 spiro atoms. The first kappa shape index (κ1) is 21.0. The number of nitrogens with zero attached hydrogens (tertiary/aromatic N) is 6. The van der Waals surface area contributed by atoms with Crippen LogP contribution in [-0.2, 0) is 13.6 Å². The molecule has 3 N–H and O–H groups in total. The van der Waals surface area contributed by atoms with Crippen LogP contribution in [0.1, 0.15) is 15.9 Å². The molecule has 10 heteroatoms. The summed E-state index contributed by atoms with van der Waals surface area (Å²) in [4.78, 5) is 27.4. The maximum atomic E-state index is 13.0. The first-order valence-corrected chi connectivity index (χ1v) is 10.4. The molecule has 168 valence electrons. The summed E-state index contributed by atoms with van der Waals surface area (Å²) in [5.41, 5.74) is 10.8. The minimum Gasteiger partial charge on any atom is -0.398 e. The van der Waals surface area contributed by atoms with E-state index in [0.717, 1.165) is 22.1 Å². The fourth-order valence-electron chi connectivity index (χ4n) is 4.18. The number of aromatic nitrogens is 4. The Bertz CT molecular complexity index is 1540. The van der Waals surface area contributed by atoms with E-state index in [1.807, 2.05) is 30.3 Å². The normalized spacial score (nSPS) is 12.6. The van der Waals surface area contributed by atoms with Crippen LogP contribution in [0.15, 0.2) is 61.1 Å². The van der Waals surface area contributed by atoms with E-state index in [9.17, 15) is 9.59 Å². The van der Waals surface area contributed by atoms with Crippen LogP contribution in [-0.4, -0.2) is 42.9 Å². The zero-order valence-electron chi connectivity index (χ0n) is 18.3. The zero-order chi connectivity index (χ0) is 24.0. The number of benzene rings is 2. The van der Waals surface area contributed by atoms with Gasteiger partial charge in [-0.3, -0.25) is 9.48 Å². The molecule has 0 bridgehead atoms. The Kier molecular flexibility index (Phi) is 4.87. The van der Waals surface area contributed by atoms with Gasteiger partial charge in [0.05, 0.1) is 41.8 Å². The minimum absolute atomic E-state index is 0.142. The number of amides is 2. The summed E-state index contributed by atoms with van der Waals surface area (Å²) in [6, 6.07) is 10.8. The SMILES string of the molecule is C=C(C#N)CN1Cc2c(-c3ccc4cnn(C(=O)Nc5cnn(C)c5)c4c3)ccc(N)c2C1=O. The Morgan fingerprint density at radius 3 is 2.82 bits per heavy atom. The Morgan fingerprint density at radius 2 is 2.09 bits per heavy atom. The first-order valence-electron chi connectivity index (χ1n) is 10.4. The lowest BCUT2D eigenvalue weighted by Gasteiger charge is -2.14. The standard InChI is InChI=1S/C24H20N8O2/c1-14(8-25)11-31-13-19-18(5-6-20(26)22(19)23(31)33)15-3-4-16-9-28-32(21(16)7-15)24(34)29-17-10-27-30(2)12-17/h3-7,9-10,12H,1,11,13,26H2,2H3,(H,29,34). The van der Waals surface area contributed by atoms with Crippen molar-refractivity contribution in [2.24, 2.45) is 7.05 Å². The summed E-state index contributed by atoms with van der Waals surface area (Å²) in [6.45, 7) is 4.14. The number of carbonyl (C=O) groups excluding carboxylic acids is 2. The van der Waals surface area contributed by atoms with E-state index in [1.54, 1.807) is 41.3 Å². The van der Waals surface area contributed by atoms with Gasteiger partial charge < -0.3 is 16.0 Å². The minimum atomic E-state index is -0.418. The fraction of sp³-hybridized carbons (Fsp3) is 0.125. The lowest BCUT2D eigenvalue weighted by Crippen LogP contribution is -2.26. The van der Waals surface area contributed by atoms with Gasteiger partial charge >= 0.3 is 6.03 Å². The molecule has 4 aromatic rings. The molecular formula is C24H20N8O2. The third kappa shape index (κ3) is 3.45. The van der Waals surface area contributed by atoms with E-state index >= 15 is 0 Å². The molecule has 2 aromatic heterocycles. The van der Waals surface area contributed by atoms with E-state index in [4.69, 9.17) is 11.0 Å². The van der Waals surface area contributed by atoms with Crippen molar-refractivity contribution in [3.63, 3.8) is 0 Å². The largest absolute Gasteiger partial charge is 0.398 e. The van der Waals surface area contributed by atoms with Crippen LogP contribution in [0.5, 0.6) is 0 Å². The molecule has 0 saturated carbocycles. The molecule has 3 heterocycles. The monoisotopic (exact) mass is 452 g/mol. The van der Waals surface area contributed by atoms with Crippen molar-refractivity contribution in [1.82, 2.24) is 24.5 Å². The van der Waals surface area contributed by atoms with Crippen molar-refractivity contribution in [2.75, 3.05) is 17.6 Å². The summed E-state index contributed by atoms with van der Waals surface area (Å²) >= 11 is 0. The third-order valence-corrected chi connectivity index (χ3v) is 5.77. The molecule has 0 radical (unpaired) electrons. The maximum absolute atomic E-state index is 13.0. The molecule has 0 atom stereocenters. The number of rotatable bonds is 4. The highest BCUT2D eigenvalue weighted by Gasteiger charge is 2.32. The van der Waals surface area contributed by atoms with Gasteiger partial charge in [0.2, 0.25) is 0 Å². The number of hydrogen-bond donors (Lipinski definition) is 2. The molecule has 1 aliphatic rings. The first-order chi connectivity index (χ1) is 16.4. The maximum Gasteiger partial charge on any atom is 0.347 e. The second-order valence-corrected chi connectivity index (χ2v) is 8.10. The molecule has 0 aliphatic carbocycles. The molecule has 0 saturated heterocycles. The van der Waals surface area contributed by atoms with Crippen molar-refractivity contribution < 1.29 is 9.59 Å². The zero-order valence-corrected chi connectivity index (χ0v) is 18.3. The van der Waals surface area contributed by atoms with Gasteiger partial charge in [-0.1, -0.05) is 24.8 Å². The Labute approximate surface area is 194 Å². The molecule has 2 aromatic carbocycles. The average Bonchev–Trinajstić information content (AvgIpc) is 3.51. The van der Waals surface area contributed by atoms with E-state index in [1.165, 1.54) is 4.68 Å². The predicted molar refractivity (Wildman–Crippen MR) is 127 cm³/mol. The van der Waals surface area contributed by atoms with Gasteiger partial charge in [0.1, 0.15) is 0 Å². The summed E-state index contributed by atoms with van der Waals surface area (Å²) in [7, 11) is 1.76. The van der Waals surface area contributed by atoms with E-state index in [0.29, 0.717) is 34.6 Å². The smallest absolute Gasteiger partial charge is 0.347 e. The second kappa shape index (κ2) is 7.90. The van der Waals surface area contributed by atoms with Gasteiger partial charge in [0, 0.05) is 36.4 Å². The van der Waals surface area contributed by atoms with Gasteiger partial charge in [0.15, 0.2) is 0 Å². The summed E-state index contributed by atoms with van der Waals surface area (Å²) < 4.78 is 2.88. The Balaban J connectivity index is 1.53. The number of anilines is 2. The predicted octanol–water partition coefficient (Wildman–Crippen LogP) is 3.13. The molecule has 10 nitrogen and oxygen atoms in total. The number of hydrogen-bond acceptors (Lipinski definition) is 6. The van der Waals surface area contributed by atoms with Crippen molar-refractivity contribution in [1.29, 1.82) is 5.26 Å². The van der Waals surface area contributed by atoms with Crippen molar-refractivity contribution in [3.8, 4) is 17.2 Å². The van der Waals surface area contributed by atoms with Crippen LogP contribution in [0.4, 0.5) is 16.2 Å². The van der Waals surface area contributed by atoms with Gasteiger partial charge in [0.25, 0.3) is 5.91 Å². The lowest BCUT2D eigenvalue weighted by molar-refractivity contribution is 0.0794. The number of nitriles is 1. The lowest BCUT2D eigenvalue weighted by atomic mass is 9.95. The van der Waals surface area contributed by atoms with Crippen LogP contribution in [0, 0.1) is 11.3 Å². The van der Waals surface area contributed by atoms with Crippen molar-refractivity contribution in [2.45, 2.75) is 6.54 Å². The number of nitrogens with two attached hydrogens (primary N) is 1. The summed E-state index contributed by atoms with van der Waals surface area (Å²) in [5.74, 6) is -0.229. The molecular weight excluding hydrogens is 432 g/mol. The average molecular weight is 452 g/mol. The highest BCUT2D eigenvalue weighted by Crippen LogP contribution is 2.37. The van der Waals surface area contributed by atoms with Gasteiger partial charge in [-0.2, -0.15) is 20.1 Å². The summed E-state index contributed by atoms with van der Waals surface area (Å²) in [6.07, 6.45) is 4.86. The molecule has 0 unspecified atom stereocenters. The van der Waals surface area contributed by atoms with Gasteiger partial charge in [-0.25, -0.2) is 4.79 Å². The number of carbonyl (C=O) groups is 2. The highest BCUT2D eigenvalue weighted by molar-refractivity contribution is 6.06. The van der Waals surface area contributed by atoms with Gasteiger partial charge in [-0.15, -0.1) is 0 Å². The van der Waals surface area contributed by atoms with Crippen molar-refractivity contribution in [3.05, 3.63) is 72.2 Å². The Morgan fingerprint density at radius 1 is 1.26 bits per heavy atom. The molecule has 0 fully saturated rings. The number of nitrogen functional groups attached to an aromatic ring is 1. The number of nitrogens with one attached hydrogen (secondary N) is 1. The van der Waals surface area contributed by atoms with E-state index in [2.05, 4.69) is 22.1 Å². The van der Waals surface area contributed by atoms with Crippen molar-refractivity contribution >= 4 is 34.2 Å². The van der Waals surface area contributed by atoms with Crippen LogP contribution < -0.4 is 11.1 Å².